The van der Waals surface area contributed by atoms with Crippen molar-refractivity contribution in [3.63, 3.8) is 0 Å². The van der Waals surface area contributed by atoms with E-state index in [4.69, 9.17) is 42.6 Å². The molecule has 10 nitrogen and oxygen atoms in total. The third-order valence-corrected chi connectivity index (χ3v) is 8.78. The average molecular weight is 781 g/mol. The highest BCUT2D eigenvalue weighted by atomic mass is 16.6. The number of carbonyl (C=O) groups excluding carboxylic acids is 1. The number of benzene rings is 3. The van der Waals surface area contributed by atoms with Gasteiger partial charge in [-0.1, -0.05) is 80.1 Å². The lowest BCUT2D eigenvalue weighted by Crippen LogP contribution is -2.08. The predicted molar refractivity (Wildman–Crippen MR) is 222 cm³/mol. The fourth-order valence-corrected chi connectivity index (χ4v) is 5.39. The Kier molecular flexibility index (Phi) is 22.3. The predicted octanol–water partition coefficient (Wildman–Crippen LogP) is 11.7. The number of rotatable bonds is 31. The molecule has 0 unspecified atom stereocenters. The van der Waals surface area contributed by atoms with Crippen LogP contribution in [0.15, 0.2) is 42.5 Å². The second-order valence-electron chi connectivity index (χ2n) is 13.8. The summed E-state index contributed by atoms with van der Waals surface area (Å²) in [6.07, 6.45) is 11.6. The van der Waals surface area contributed by atoms with Gasteiger partial charge in [-0.15, -0.1) is 0 Å². The first kappa shape index (κ1) is 45.9. The second kappa shape index (κ2) is 27.2. The fourth-order valence-electron chi connectivity index (χ4n) is 5.39. The smallest absolute Gasteiger partial charge is 0.338 e. The van der Waals surface area contributed by atoms with Crippen molar-refractivity contribution in [2.75, 3.05) is 46.8 Å². The Morgan fingerprint density at radius 2 is 0.714 bits per heavy atom. The van der Waals surface area contributed by atoms with Gasteiger partial charge in [-0.2, -0.15) is 0 Å². The molecule has 0 bridgehead atoms. The maximum atomic E-state index is 12.8. The van der Waals surface area contributed by atoms with Gasteiger partial charge >= 0.3 is 5.97 Å². The number of carbonyl (C=O) groups is 1. The van der Waals surface area contributed by atoms with Gasteiger partial charge in [0.1, 0.15) is 24.7 Å². The van der Waals surface area contributed by atoms with Gasteiger partial charge in [0.2, 0.25) is 11.5 Å². The standard InChI is InChI=1S/C46H68O10/c1-8-14-20-49-40-26-35(27-41(50-21-15-9-2)44(40)53-24-18-12-5)33-55-38-30-37(46(47)48-7)31-39(32-38)56-34-36-28-42(51-22-16-10-3)45(54-25-19-13-6)43(29-36)52-23-17-11-4/h26-32H,8-25,33-34H2,1-7H3. The maximum absolute atomic E-state index is 12.8. The van der Waals surface area contributed by atoms with Crippen molar-refractivity contribution >= 4 is 5.97 Å². The van der Waals surface area contributed by atoms with Gasteiger partial charge in [-0.25, -0.2) is 4.79 Å². The number of unbranched alkanes of at least 4 members (excludes halogenated alkanes) is 6. The van der Waals surface area contributed by atoms with Crippen molar-refractivity contribution in [1.29, 1.82) is 0 Å². The first-order valence-corrected chi connectivity index (χ1v) is 21.0. The lowest BCUT2D eigenvalue weighted by Gasteiger charge is -2.19. The minimum atomic E-state index is -0.501. The summed E-state index contributed by atoms with van der Waals surface area (Å²) in [5.74, 6) is 4.16. The molecule has 3 aromatic carbocycles. The lowest BCUT2D eigenvalue weighted by atomic mass is 10.1. The average Bonchev–Trinajstić information content (AvgIpc) is 3.21. The third kappa shape index (κ3) is 15.9. The molecule has 0 atom stereocenters. The van der Waals surface area contributed by atoms with Crippen LogP contribution in [-0.2, 0) is 18.0 Å². The molecule has 3 rings (SSSR count). The van der Waals surface area contributed by atoms with E-state index in [-0.39, 0.29) is 13.2 Å². The highest BCUT2D eigenvalue weighted by Crippen LogP contribution is 2.41. The van der Waals surface area contributed by atoms with E-state index in [2.05, 4.69) is 41.5 Å². The van der Waals surface area contributed by atoms with E-state index in [1.165, 1.54) is 7.11 Å². The number of hydrogen-bond acceptors (Lipinski definition) is 10. The van der Waals surface area contributed by atoms with Crippen LogP contribution in [0.25, 0.3) is 0 Å². The van der Waals surface area contributed by atoms with Crippen LogP contribution >= 0.6 is 0 Å². The summed E-state index contributed by atoms with van der Waals surface area (Å²) < 4.78 is 55.2. The summed E-state index contributed by atoms with van der Waals surface area (Å²) in [5, 5.41) is 0. The van der Waals surface area contributed by atoms with E-state index < -0.39 is 5.97 Å². The summed E-state index contributed by atoms with van der Waals surface area (Å²) in [4.78, 5) is 12.8. The highest BCUT2D eigenvalue weighted by Gasteiger charge is 2.19. The van der Waals surface area contributed by atoms with Crippen molar-refractivity contribution in [3.8, 4) is 46.0 Å². The monoisotopic (exact) mass is 780 g/mol. The van der Waals surface area contributed by atoms with Gasteiger partial charge in [-0.3, -0.25) is 0 Å². The molecule has 0 heterocycles. The van der Waals surface area contributed by atoms with Crippen LogP contribution in [0.1, 0.15) is 140 Å². The van der Waals surface area contributed by atoms with E-state index in [0.717, 1.165) is 88.2 Å². The number of ether oxygens (including phenoxy) is 9. The van der Waals surface area contributed by atoms with Gasteiger partial charge in [0.25, 0.3) is 0 Å². The van der Waals surface area contributed by atoms with Crippen LogP contribution in [0.5, 0.6) is 46.0 Å². The molecule has 0 N–H and O–H groups in total. The summed E-state index contributed by atoms with van der Waals surface area (Å²) in [6.45, 7) is 16.6. The fraction of sp³-hybridized carbons (Fsp3) is 0.587. The zero-order valence-electron chi connectivity index (χ0n) is 35.3. The van der Waals surface area contributed by atoms with Crippen molar-refractivity contribution in [3.05, 3.63) is 59.2 Å². The van der Waals surface area contributed by atoms with Gasteiger partial charge in [0, 0.05) is 6.07 Å². The number of methoxy groups -OCH3 is 1. The highest BCUT2D eigenvalue weighted by molar-refractivity contribution is 5.90. The molecular formula is C46H68O10. The molecule has 0 aliphatic heterocycles. The quantitative estimate of drug-likeness (QED) is 0.0463. The van der Waals surface area contributed by atoms with Crippen LogP contribution in [0, 0.1) is 0 Å². The van der Waals surface area contributed by atoms with E-state index in [1.54, 1.807) is 18.2 Å². The Morgan fingerprint density at radius 1 is 0.411 bits per heavy atom. The molecule has 0 radical (unpaired) electrons. The molecule has 10 heteroatoms. The minimum absolute atomic E-state index is 0.185. The van der Waals surface area contributed by atoms with E-state index >= 15 is 0 Å². The number of esters is 1. The molecule has 56 heavy (non-hydrogen) atoms. The zero-order chi connectivity index (χ0) is 40.4. The Bertz CT molecular complexity index is 1390. The zero-order valence-corrected chi connectivity index (χ0v) is 35.3. The van der Waals surface area contributed by atoms with Crippen LogP contribution in [0.2, 0.25) is 0 Å². The molecular weight excluding hydrogens is 712 g/mol. The summed E-state index contributed by atoms with van der Waals surface area (Å²) in [5.41, 5.74) is 1.98. The van der Waals surface area contributed by atoms with Crippen molar-refractivity contribution in [2.24, 2.45) is 0 Å². The van der Waals surface area contributed by atoms with E-state index in [1.807, 2.05) is 24.3 Å². The molecule has 0 aliphatic carbocycles. The molecule has 0 amide bonds. The van der Waals surface area contributed by atoms with Gasteiger partial charge in [0.05, 0.1) is 52.3 Å². The molecule has 3 aromatic rings. The molecule has 0 aromatic heterocycles. The Hall–Kier alpha value is -4.47. The van der Waals surface area contributed by atoms with Crippen molar-refractivity contribution in [2.45, 2.75) is 132 Å². The van der Waals surface area contributed by atoms with Crippen LogP contribution in [0.3, 0.4) is 0 Å². The molecule has 0 saturated carbocycles. The van der Waals surface area contributed by atoms with Gasteiger partial charge in [-0.05, 0) is 86.1 Å². The summed E-state index contributed by atoms with van der Waals surface area (Å²) in [6, 6.07) is 12.9. The normalized spacial score (nSPS) is 10.8. The summed E-state index contributed by atoms with van der Waals surface area (Å²) in [7, 11) is 1.35. The number of hydrogen-bond donors (Lipinski definition) is 0. The molecule has 0 aliphatic rings. The summed E-state index contributed by atoms with van der Waals surface area (Å²) >= 11 is 0. The lowest BCUT2D eigenvalue weighted by molar-refractivity contribution is 0.0599. The van der Waals surface area contributed by atoms with E-state index in [0.29, 0.717) is 91.2 Å². The van der Waals surface area contributed by atoms with Crippen molar-refractivity contribution in [1.82, 2.24) is 0 Å². The Labute approximate surface area is 336 Å². The van der Waals surface area contributed by atoms with Crippen LogP contribution in [0.4, 0.5) is 0 Å². The van der Waals surface area contributed by atoms with E-state index in [9.17, 15) is 4.79 Å². The molecule has 0 spiro atoms. The SMILES string of the molecule is CCCCOc1cc(COc2cc(OCc3cc(OCCCC)c(OCCCC)c(OCCCC)c3)cc(C(=O)OC)c2)cc(OCCCC)c1OCCCC. The third-order valence-electron chi connectivity index (χ3n) is 8.78. The largest absolute Gasteiger partial charge is 0.490 e. The van der Waals surface area contributed by atoms with Crippen LogP contribution in [-0.4, -0.2) is 52.7 Å². The first-order chi connectivity index (χ1) is 27.4. The van der Waals surface area contributed by atoms with Crippen molar-refractivity contribution < 1.29 is 47.4 Å². The molecule has 0 fully saturated rings. The topological polar surface area (TPSA) is 100 Å². The van der Waals surface area contributed by atoms with Crippen LogP contribution < -0.4 is 37.9 Å². The molecule has 312 valence electrons. The molecule has 0 saturated heterocycles. The van der Waals surface area contributed by atoms with Gasteiger partial charge in [0.15, 0.2) is 23.0 Å². The van der Waals surface area contributed by atoms with Gasteiger partial charge < -0.3 is 42.6 Å². The minimum Gasteiger partial charge on any atom is -0.490 e. The first-order valence-electron chi connectivity index (χ1n) is 21.0. The second-order valence-corrected chi connectivity index (χ2v) is 13.8. The Balaban J connectivity index is 1.93. The Morgan fingerprint density at radius 3 is 1.00 bits per heavy atom. The maximum Gasteiger partial charge on any atom is 0.338 e.